The standard InChI is InChI=1S/C14H24N4O3/c1-20-9-10-21-8-6-16-14(19)13-4-7-18(17-13)12-3-2-5-15-11-12/h4,7,12,15H,2-3,5-6,8-11H2,1H3,(H,16,19). The van der Waals surface area contributed by atoms with Crippen molar-refractivity contribution in [3.8, 4) is 0 Å². The van der Waals surface area contributed by atoms with E-state index in [2.05, 4.69) is 15.7 Å². The van der Waals surface area contributed by atoms with Gasteiger partial charge in [-0.15, -0.1) is 0 Å². The summed E-state index contributed by atoms with van der Waals surface area (Å²) in [7, 11) is 1.63. The number of rotatable bonds is 8. The molecule has 1 fully saturated rings. The van der Waals surface area contributed by atoms with Crippen LogP contribution in [0.5, 0.6) is 0 Å². The second-order valence-corrected chi connectivity index (χ2v) is 5.04. The van der Waals surface area contributed by atoms with E-state index in [0.29, 0.717) is 38.1 Å². The molecule has 2 N–H and O–H groups in total. The number of carbonyl (C=O) groups is 1. The fraction of sp³-hybridized carbons (Fsp3) is 0.714. The molecule has 0 saturated carbocycles. The zero-order valence-corrected chi connectivity index (χ0v) is 12.5. The van der Waals surface area contributed by atoms with Gasteiger partial charge in [-0.3, -0.25) is 9.48 Å². The number of hydrogen-bond acceptors (Lipinski definition) is 5. The second-order valence-electron chi connectivity index (χ2n) is 5.04. The van der Waals surface area contributed by atoms with Crippen LogP contribution in [0.1, 0.15) is 29.4 Å². The summed E-state index contributed by atoms with van der Waals surface area (Å²) in [6.07, 6.45) is 4.12. The van der Waals surface area contributed by atoms with Gasteiger partial charge in [-0.2, -0.15) is 5.10 Å². The summed E-state index contributed by atoms with van der Waals surface area (Å²) in [5, 5.41) is 10.5. The molecule has 0 aromatic carbocycles. The van der Waals surface area contributed by atoms with Crippen LogP contribution in [-0.4, -0.2) is 62.3 Å². The van der Waals surface area contributed by atoms with Crippen molar-refractivity contribution in [2.45, 2.75) is 18.9 Å². The number of nitrogens with zero attached hydrogens (tertiary/aromatic N) is 2. The third kappa shape index (κ3) is 5.11. The minimum Gasteiger partial charge on any atom is -0.382 e. The molecule has 1 aromatic heterocycles. The topological polar surface area (TPSA) is 77.4 Å². The molecule has 21 heavy (non-hydrogen) atoms. The van der Waals surface area contributed by atoms with E-state index in [-0.39, 0.29) is 5.91 Å². The summed E-state index contributed by atoms with van der Waals surface area (Å²) < 4.78 is 12.0. The normalized spacial score (nSPS) is 18.6. The van der Waals surface area contributed by atoms with E-state index < -0.39 is 0 Å². The molecule has 1 amide bonds. The summed E-state index contributed by atoms with van der Waals surface area (Å²) >= 11 is 0. The molecule has 0 bridgehead atoms. The van der Waals surface area contributed by atoms with Gasteiger partial charge in [0.15, 0.2) is 0 Å². The molecule has 2 heterocycles. The van der Waals surface area contributed by atoms with E-state index in [4.69, 9.17) is 9.47 Å². The van der Waals surface area contributed by atoms with Gasteiger partial charge in [0.1, 0.15) is 5.69 Å². The van der Waals surface area contributed by atoms with Crippen LogP contribution in [-0.2, 0) is 9.47 Å². The number of methoxy groups -OCH3 is 1. The van der Waals surface area contributed by atoms with Gasteiger partial charge in [-0.1, -0.05) is 0 Å². The van der Waals surface area contributed by atoms with Crippen molar-refractivity contribution >= 4 is 5.91 Å². The number of nitrogens with one attached hydrogen (secondary N) is 2. The molecule has 118 valence electrons. The lowest BCUT2D eigenvalue weighted by molar-refractivity contribution is 0.0691. The summed E-state index contributed by atoms with van der Waals surface area (Å²) in [5.74, 6) is -0.159. The Labute approximate surface area is 125 Å². The van der Waals surface area contributed by atoms with E-state index in [1.165, 1.54) is 0 Å². The predicted molar refractivity (Wildman–Crippen MR) is 78.4 cm³/mol. The highest BCUT2D eigenvalue weighted by molar-refractivity contribution is 5.92. The Balaban J connectivity index is 1.71. The van der Waals surface area contributed by atoms with E-state index in [1.54, 1.807) is 13.2 Å². The van der Waals surface area contributed by atoms with Crippen LogP contribution in [0, 0.1) is 0 Å². The van der Waals surface area contributed by atoms with E-state index >= 15 is 0 Å². The largest absolute Gasteiger partial charge is 0.382 e. The summed E-state index contributed by atoms with van der Waals surface area (Å²) in [6.45, 7) is 4.02. The lowest BCUT2D eigenvalue weighted by Crippen LogP contribution is -2.32. The van der Waals surface area contributed by atoms with Crippen molar-refractivity contribution < 1.29 is 14.3 Å². The Kier molecular flexibility index (Phi) is 6.65. The first-order valence-corrected chi connectivity index (χ1v) is 7.42. The maximum absolute atomic E-state index is 11.9. The minimum absolute atomic E-state index is 0.159. The molecule has 1 saturated heterocycles. The first-order chi connectivity index (χ1) is 10.3. The number of carbonyl (C=O) groups excluding carboxylic acids is 1. The number of piperidine rings is 1. The van der Waals surface area contributed by atoms with E-state index in [1.807, 2.05) is 10.9 Å². The molecule has 1 aliphatic heterocycles. The molecule has 0 radical (unpaired) electrons. The van der Waals surface area contributed by atoms with Gasteiger partial charge < -0.3 is 20.1 Å². The average Bonchev–Trinajstić information content (AvgIpc) is 3.01. The molecule has 1 unspecified atom stereocenters. The minimum atomic E-state index is -0.159. The van der Waals surface area contributed by atoms with Crippen molar-refractivity contribution in [3.05, 3.63) is 18.0 Å². The first kappa shape index (κ1) is 15.9. The van der Waals surface area contributed by atoms with Gasteiger partial charge in [0.2, 0.25) is 0 Å². The van der Waals surface area contributed by atoms with Gasteiger partial charge >= 0.3 is 0 Å². The molecule has 0 aliphatic carbocycles. The molecule has 1 aliphatic rings. The van der Waals surface area contributed by atoms with Gasteiger partial charge in [-0.05, 0) is 25.5 Å². The van der Waals surface area contributed by atoms with Crippen LogP contribution in [0.4, 0.5) is 0 Å². The molecular formula is C14H24N4O3. The van der Waals surface area contributed by atoms with Crippen molar-refractivity contribution in [3.63, 3.8) is 0 Å². The highest BCUT2D eigenvalue weighted by atomic mass is 16.5. The highest BCUT2D eigenvalue weighted by Gasteiger charge is 2.17. The summed E-state index contributed by atoms with van der Waals surface area (Å²) in [4.78, 5) is 11.9. The molecule has 2 rings (SSSR count). The van der Waals surface area contributed by atoms with Crippen LogP contribution in [0.25, 0.3) is 0 Å². The fourth-order valence-electron chi connectivity index (χ4n) is 2.29. The van der Waals surface area contributed by atoms with Crippen LogP contribution in [0.15, 0.2) is 12.3 Å². The maximum atomic E-state index is 11.9. The molecule has 7 heteroatoms. The Morgan fingerprint density at radius 2 is 2.43 bits per heavy atom. The summed E-state index contributed by atoms with van der Waals surface area (Å²) in [6, 6.07) is 2.10. The van der Waals surface area contributed by atoms with Crippen molar-refractivity contribution in [1.82, 2.24) is 20.4 Å². The van der Waals surface area contributed by atoms with Crippen LogP contribution >= 0.6 is 0 Å². The maximum Gasteiger partial charge on any atom is 0.271 e. The Bertz CT molecular complexity index is 430. The second kappa shape index (κ2) is 8.76. The number of amides is 1. The Morgan fingerprint density at radius 1 is 1.52 bits per heavy atom. The third-order valence-electron chi connectivity index (χ3n) is 3.45. The highest BCUT2D eigenvalue weighted by Crippen LogP contribution is 2.15. The van der Waals surface area contributed by atoms with Crippen LogP contribution in [0.3, 0.4) is 0 Å². The Hall–Kier alpha value is -1.44. The smallest absolute Gasteiger partial charge is 0.271 e. The zero-order valence-electron chi connectivity index (χ0n) is 12.5. The molecule has 1 atom stereocenters. The van der Waals surface area contributed by atoms with Gasteiger partial charge in [0.05, 0.1) is 25.9 Å². The molecule has 1 aromatic rings. The molecule has 0 spiro atoms. The monoisotopic (exact) mass is 296 g/mol. The predicted octanol–water partition coefficient (Wildman–Crippen LogP) is 0.200. The van der Waals surface area contributed by atoms with E-state index in [9.17, 15) is 4.79 Å². The van der Waals surface area contributed by atoms with Crippen molar-refractivity contribution in [2.24, 2.45) is 0 Å². The van der Waals surface area contributed by atoms with E-state index in [0.717, 1.165) is 25.9 Å². The lowest BCUT2D eigenvalue weighted by atomic mass is 10.1. The lowest BCUT2D eigenvalue weighted by Gasteiger charge is -2.22. The molecular weight excluding hydrogens is 272 g/mol. The third-order valence-corrected chi connectivity index (χ3v) is 3.45. The van der Waals surface area contributed by atoms with Crippen LogP contribution in [0.2, 0.25) is 0 Å². The number of aromatic nitrogens is 2. The van der Waals surface area contributed by atoms with Crippen molar-refractivity contribution in [2.75, 3.05) is 46.6 Å². The van der Waals surface area contributed by atoms with Gasteiger partial charge in [0, 0.05) is 26.4 Å². The van der Waals surface area contributed by atoms with Crippen LogP contribution < -0.4 is 10.6 Å². The first-order valence-electron chi connectivity index (χ1n) is 7.42. The number of hydrogen-bond donors (Lipinski definition) is 2. The average molecular weight is 296 g/mol. The fourth-order valence-corrected chi connectivity index (χ4v) is 2.29. The quantitative estimate of drug-likeness (QED) is 0.670. The summed E-state index contributed by atoms with van der Waals surface area (Å²) in [5.41, 5.74) is 0.456. The van der Waals surface area contributed by atoms with Gasteiger partial charge in [-0.25, -0.2) is 0 Å². The molecule has 7 nitrogen and oxygen atoms in total. The van der Waals surface area contributed by atoms with Gasteiger partial charge in [0.25, 0.3) is 5.91 Å². The SMILES string of the molecule is COCCOCCNC(=O)c1ccn(C2CCCNC2)n1. The zero-order chi connectivity index (χ0) is 14.9. The Morgan fingerprint density at radius 3 is 3.19 bits per heavy atom. The number of ether oxygens (including phenoxy) is 2. The van der Waals surface area contributed by atoms with Crippen molar-refractivity contribution in [1.29, 1.82) is 0 Å².